The Labute approximate surface area is 114 Å². The van der Waals surface area contributed by atoms with Crippen molar-refractivity contribution in [3.8, 4) is 0 Å². The van der Waals surface area contributed by atoms with Crippen LogP contribution in [0.1, 0.15) is 24.2 Å². The molecule has 0 aromatic heterocycles. The molecule has 1 rings (SSSR count). The smallest absolute Gasteiger partial charge is 0.272 e. The Balaban J connectivity index is 2.86. The Morgan fingerprint density at radius 1 is 1.53 bits per heavy atom. The van der Waals surface area contributed by atoms with Gasteiger partial charge in [0.15, 0.2) is 0 Å². The molecule has 1 aromatic carbocycles. The monoisotopic (exact) mass is 288 g/mol. The summed E-state index contributed by atoms with van der Waals surface area (Å²) >= 11 is 5.66. The molecule has 19 heavy (non-hydrogen) atoms. The van der Waals surface area contributed by atoms with E-state index in [4.69, 9.17) is 11.6 Å². The van der Waals surface area contributed by atoms with Crippen LogP contribution in [-0.2, 0) is 0 Å². The second-order valence-corrected chi connectivity index (χ2v) is 4.62. The molecule has 7 heteroatoms. The van der Waals surface area contributed by atoms with Crippen LogP contribution in [0, 0.1) is 21.8 Å². The third kappa shape index (κ3) is 3.89. The maximum absolute atomic E-state index is 13.6. The predicted molar refractivity (Wildman–Crippen MR) is 69.9 cm³/mol. The van der Waals surface area contributed by atoms with E-state index in [0.717, 1.165) is 18.2 Å². The molecular formula is C12H14ClFN2O3. The number of alkyl halides is 1. The molecule has 1 aromatic rings. The molecule has 0 saturated heterocycles. The van der Waals surface area contributed by atoms with E-state index in [1.807, 2.05) is 6.92 Å². The maximum atomic E-state index is 13.6. The molecule has 0 radical (unpaired) electrons. The Kier molecular flexibility index (Phi) is 5.23. The van der Waals surface area contributed by atoms with Gasteiger partial charge in [0.25, 0.3) is 11.6 Å². The van der Waals surface area contributed by atoms with E-state index in [2.05, 4.69) is 5.32 Å². The summed E-state index contributed by atoms with van der Waals surface area (Å²) in [5.74, 6) is -1.13. The number of carbonyl (C=O) groups excluding carboxylic acids is 1. The van der Waals surface area contributed by atoms with E-state index in [9.17, 15) is 19.3 Å². The lowest BCUT2D eigenvalue weighted by atomic mass is 10.1. The summed E-state index contributed by atoms with van der Waals surface area (Å²) in [5, 5.41) is 13.1. The average molecular weight is 289 g/mol. The van der Waals surface area contributed by atoms with E-state index in [0.29, 0.717) is 5.88 Å². The largest absolute Gasteiger partial charge is 0.349 e. The molecule has 0 saturated carbocycles. The highest BCUT2D eigenvalue weighted by molar-refractivity contribution is 6.18. The number of rotatable bonds is 5. The summed E-state index contributed by atoms with van der Waals surface area (Å²) < 4.78 is 13.6. The first kappa shape index (κ1) is 15.4. The molecule has 0 heterocycles. The molecule has 0 aliphatic carbocycles. The molecule has 104 valence electrons. The van der Waals surface area contributed by atoms with Gasteiger partial charge in [-0.1, -0.05) is 6.92 Å². The fourth-order valence-electron chi connectivity index (χ4n) is 1.36. The number of halogens is 2. The van der Waals surface area contributed by atoms with Gasteiger partial charge in [0, 0.05) is 18.0 Å². The number of nitro groups is 1. The summed E-state index contributed by atoms with van der Waals surface area (Å²) in [4.78, 5) is 21.6. The number of hydrogen-bond acceptors (Lipinski definition) is 3. The predicted octanol–water partition coefficient (Wildman–Crippen LogP) is 2.73. The Hall–Kier alpha value is -1.69. The summed E-state index contributed by atoms with van der Waals surface area (Å²) in [7, 11) is 0. The molecule has 0 aliphatic heterocycles. The van der Waals surface area contributed by atoms with Crippen LogP contribution in [0.2, 0.25) is 0 Å². The van der Waals surface area contributed by atoms with Crippen LogP contribution in [0.3, 0.4) is 0 Å². The maximum Gasteiger partial charge on any atom is 0.272 e. The summed E-state index contributed by atoms with van der Waals surface area (Å²) in [6.45, 7) is 3.61. The van der Waals surface area contributed by atoms with Gasteiger partial charge in [-0.25, -0.2) is 4.39 Å². The normalized spacial score (nSPS) is 13.7. The number of nitro benzene ring substituents is 1. The molecule has 2 unspecified atom stereocenters. The second kappa shape index (κ2) is 6.47. The highest BCUT2D eigenvalue weighted by Gasteiger charge is 2.19. The second-order valence-electron chi connectivity index (χ2n) is 4.31. The molecule has 0 fully saturated rings. The number of nitrogens with zero attached hydrogens (tertiary/aromatic N) is 1. The fourth-order valence-corrected chi connectivity index (χ4v) is 1.63. The Morgan fingerprint density at radius 3 is 2.63 bits per heavy atom. The van der Waals surface area contributed by atoms with E-state index in [-0.39, 0.29) is 17.5 Å². The van der Waals surface area contributed by atoms with Crippen molar-refractivity contribution in [3.05, 3.63) is 39.7 Å². The van der Waals surface area contributed by atoms with Crippen molar-refractivity contribution in [2.75, 3.05) is 5.88 Å². The van der Waals surface area contributed by atoms with Crippen LogP contribution < -0.4 is 5.32 Å². The van der Waals surface area contributed by atoms with Crippen molar-refractivity contribution < 1.29 is 14.1 Å². The van der Waals surface area contributed by atoms with Crippen LogP contribution in [0.4, 0.5) is 10.1 Å². The van der Waals surface area contributed by atoms with E-state index < -0.39 is 22.3 Å². The third-order valence-electron chi connectivity index (χ3n) is 2.86. The van der Waals surface area contributed by atoms with Gasteiger partial charge in [0.05, 0.1) is 16.6 Å². The number of benzene rings is 1. The molecule has 5 nitrogen and oxygen atoms in total. The SMILES string of the molecule is CC(CCl)C(C)NC(=O)c1ccc([N+](=O)[O-])cc1F. The van der Waals surface area contributed by atoms with Crippen molar-refractivity contribution in [3.63, 3.8) is 0 Å². The molecule has 1 N–H and O–H groups in total. The van der Waals surface area contributed by atoms with Gasteiger partial charge >= 0.3 is 0 Å². The van der Waals surface area contributed by atoms with Crippen LogP contribution in [0.25, 0.3) is 0 Å². The summed E-state index contributed by atoms with van der Waals surface area (Å²) in [5.41, 5.74) is -0.615. The zero-order chi connectivity index (χ0) is 14.6. The van der Waals surface area contributed by atoms with Crippen LogP contribution in [0.15, 0.2) is 18.2 Å². The van der Waals surface area contributed by atoms with Crippen LogP contribution >= 0.6 is 11.6 Å². The number of nitrogens with one attached hydrogen (secondary N) is 1. The molecular weight excluding hydrogens is 275 g/mol. The van der Waals surface area contributed by atoms with Crippen LogP contribution in [-0.4, -0.2) is 22.8 Å². The molecule has 0 aliphatic rings. The van der Waals surface area contributed by atoms with Gasteiger partial charge in [0.2, 0.25) is 0 Å². The standard InChI is InChI=1S/C12H14ClFN2O3/c1-7(6-13)8(2)15-12(17)10-4-3-9(16(18)19)5-11(10)14/h3-5,7-8H,6H2,1-2H3,(H,15,17). The Bertz CT molecular complexity index is 496. The van der Waals surface area contributed by atoms with Crippen molar-refractivity contribution in [2.45, 2.75) is 19.9 Å². The summed E-state index contributed by atoms with van der Waals surface area (Å²) in [6.07, 6.45) is 0. The van der Waals surface area contributed by atoms with Crippen molar-refractivity contribution in [2.24, 2.45) is 5.92 Å². The zero-order valence-corrected chi connectivity index (χ0v) is 11.3. The number of amides is 1. The highest BCUT2D eigenvalue weighted by Crippen LogP contribution is 2.17. The lowest BCUT2D eigenvalue weighted by Crippen LogP contribution is -2.38. The lowest BCUT2D eigenvalue weighted by molar-refractivity contribution is -0.385. The Morgan fingerprint density at radius 2 is 2.16 bits per heavy atom. The third-order valence-corrected chi connectivity index (χ3v) is 3.35. The van der Waals surface area contributed by atoms with E-state index >= 15 is 0 Å². The van der Waals surface area contributed by atoms with Crippen molar-refractivity contribution in [1.29, 1.82) is 0 Å². The van der Waals surface area contributed by atoms with Gasteiger partial charge in [-0.3, -0.25) is 14.9 Å². The zero-order valence-electron chi connectivity index (χ0n) is 10.5. The van der Waals surface area contributed by atoms with E-state index in [1.54, 1.807) is 6.92 Å². The molecule has 1 amide bonds. The average Bonchev–Trinajstić information content (AvgIpc) is 2.37. The first-order valence-corrected chi connectivity index (χ1v) is 6.21. The van der Waals surface area contributed by atoms with Gasteiger partial charge in [-0.15, -0.1) is 11.6 Å². The van der Waals surface area contributed by atoms with Gasteiger partial charge in [-0.2, -0.15) is 0 Å². The lowest BCUT2D eigenvalue weighted by Gasteiger charge is -2.19. The topological polar surface area (TPSA) is 72.2 Å². The molecule has 2 atom stereocenters. The first-order chi connectivity index (χ1) is 8.86. The quantitative estimate of drug-likeness (QED) is 0.514. The van der Waals surface area contributed by atoms with Crippen molar-refractivity contribution >= 4 is 23.2 Å². The van der Waals surface area contributed by atoms with Gasteiger partial charge in [-0.05, 0) is 18.9 Å². The molecule has 0 bridgehead atoms. The number of hydrogen-bond donors (Lipinski definition) is 1. The number of carbonyl (C=O) groups is 1. The van der Waals surface area contributed by atoms with E-state index in [1.165, 1.54) is 0 Å². The minimum atomic E-state index is -0.919. The van der Waals surface area contributed by atoms with Crippen LogP contribution in [0.5, 0.6) is 0 Å². The minimum absolute atomic E-state index is 0.0340. The summed E-state index contributed by atoms with van der Waals surface area (Å²) in [6, 6.07) is 2.69. The number of non-ortho nitro benzene ring substituents is 1. The fraction of sp³-hybridized carbons (Fsp3) is 0.417. The van der Waals surface area contributed by atoms with Gasteiger partial charge in [0.1, 0.15) is 5.82 Å². The molecule has 0 spiro atoms. The highest BCUT2D eigenvalue weighted by atomic mass is 35.5. The minimum Gasteiger partial charge on any atom is -0.349 e. The van der Waals surface area contributed by atoms with Gasteiger partial charge < -0.3 is 5.32 Å². The van der Waals surface area contributed by atoms with Crippen molar-refractivity contribution in [1.82, 2.24) is 5.32 Å². The first-order valence-electron chi connectivity index (χ1n) is 5.67.